The fourth-order valence-corrected chi connectivity index (χ4v) is 1.09. The summed E-state index contributed by atoms with van der Waals surface area (Å²) in [6, 6.07) is 0. The Kier molecular flexibility index (Phi) is 3.23. The molecule has 3 nitrogen and oxygen atoms in total. The van der Waals surface area contributed by atoms with E-state index in [-0.39, 0.29) is 11.7 Å². The predicted molar refractivity (Wildman–Crippen MR) is 51.3 cm³/mol. The zero-order chi connectivity index (χ0) is 9.84. The fourth-order valence-electron chi connectivity index (χ4n) is 1.09. The highest BCUT2D eigenvalue weighted by Gasteiger charge is 2.17. The maximum Gasteiger partial charge on any atom is 0.143 e. The maximum absolute atomic E-state index is 11.6. The van der Waals surface area contributed by atoms with Gasteiger partial charge in [0.15, 0.2) is 0 Å². The quantitative estimate of drug-likeness (QED) is 0.768. The van der Waals surface area contributed by atoms with E-state index < -0.39 is 0 Å². The first-order valence-electron chi connectivity index (χ1n) is 4.62. The van der Waals surface area contributed by atoms with Crippen LogP contribution in [0.1, 0.15) is 26.6 Å². The Labute approximate surface area is 78.6 Å². The second-order valence-corrected chi connectivity index (χ2v) is 3.71. The lowest BCUT2D eigenvalue weighted by atomic mass is 9.92. The normalized spacial score (nSPS) is 13.2. The summed E-state index contributed by atoms with van der Waals surface area (Å²) in [7, 11) is 0. The molecule has 1 heterocycles. The van der Waals surface area contributed by atoms with Crippen molar-refractivity contribution in [1.29, 1.82) is 0 Å². The molecule has 1 rings (SSSR count). The van der Waals surface area contributed by atoms with Crippen LogP contribution in [-0.2, 0) is 11.2 Å². The predicted octanol–water partition coefficient (Wildman–Crippen LogP) is 1.81. The number of hydrogen-bond donors (Lipinski definition) is 1. The van der Waals surface area contributed by atoms with Crippen LogP contribution >= 0.6 is 0 Å². The summed E-state index contributed by atoms with van der Waals surface area (Å²) in [6.45, 7) is 6.09. The van der Waals surface area contributed by atoms with Gasteiger partial charge in [-0.1, -0.05) is 20.8 Å². The molecule has 1 atom stereocenters. The Morgan fingerprint density at radius 2 is 2.23 bits per heavy atom. The Bertz CT molecular complexity index is 264. The van der Waals surface area contributed by atoms with Gasteiger partial charge in [0, 0.05) is 18.3 Å². The molecule has 1 N–H and O–H groups in total. The first-order valence-corrected chi connectivity index (χ1v) is 4.62. The number of Topliss-reactive ketones (excluding diaryl/α,β-unsaturated/α-hetero) is 1. The van der Waals surface area contributed by atoms with Gasteiger partial charge in [0.1, 0.15) is 11.6 Å². The van der Waals surface area contributed by atoms with Crippen LogP contribution < -0.4 is 0 Å². The zero-order valence-electron chi connectivity index (χ0n) is 8.37. The van der Waals surface area contributed by atoms with Gasteiger partial charge >= 0.3 is 0 Å². The van der Waals surface area contributed by atoms with Gasteiger partial charge in [-0.3, -0.25) is 4.79 Å². The van der Waals surface area contributed by atoms with E-state index in [1.54, 1.807) is 12.4 Å². The fraction of sp³-hybridized carbons (Fsp3) is 0.600. The van der Waals surface area contributed by atoms with E-state index in [2.05, 4.69) is 23.8 Å². The lowest BCUT2D eigenvalue weighted by Gasteiger charge is -2.12. The minimum absolute atomic E-state index is 0.116. The second kappa shape index (κ2) is 4.21. The molecule has 1 aromatic heterocycles. The van der Waals surface area contributed by atoms with E-state index >= 15 is 0 Å². The number of rotatable bonds is 4. The van der Waals surface area contributed by atoms with Gasteiger partial charge in [-0.15, -0.1) is 0 Å². The molecule has 0 saturated heterocycles. The van der Waals surface area contributed by atoms with Crippen molar-refractivity contribution < 1.29 is 4.79 Å². The van der Waals surface area contributed by atoms with Gasteiger partial charge in [-0.2, -0.15) is 0 Å². The molecule has 1 unspecified atom stereocenters. The van der Waals surface area contributed by atoms with E-state index in [4.69, 9.17) is 0 Å². The van der Waals surface area contributed by atoms with Crippen molar-refractivity contribution in [1.82, 2.24) is 9.97 Å². The van der Waals surface area contributed by atoms with E-state index in [0.717, 1.165) is 5.82 Å². The van der Waals surface area contributed by atoms with Gasteiger partial charge in [0.25, 0.3) is 0 Å². The maximum atomic E-state index is 11.6. The van der Waals surface area contributed by atoms with Crippen molar-refractivity contribution in [2.75, 3.05) is 0 Å². The van der Waals surface area contributed by atoms with Crippen LogP contribution in [0.3, 0.4) is 0 Å². The zero-order valence-corrected chi connectivity index (χ0v) is 8.37. The number of aromatic nitrogens is 2. The van der Waals surface area contributed by atoms with Gasteiger partial charge < -0.3 is 4.98 Å². The third kappa shape index (κ3) is 2.68. The van der Waals surface area contributed by atoms with Crippen molar-refractivity contribution in [2.24, 2.45) is 11.8 Å². The van der Waals surface area contributed by atoms with Crippen LogP contribution in [0.4, 0.5) is 0 Å². The van der Waals surface area contributed by atoms with Crippen molar-refractivity contribution in [3.8, 4) is 0 Å². The molecular formula is C10H16N2O. The average molecular weight is 180 g/mol. The number of ketones is 1. The number of H-pyrrole nitrogens is 1. The van der Waals surface area contributed by atoms with Crippen molar-refractivity contribution in [3.63, 3.8) is 0 Å². The lowest BCUT2D eigenvalue weighted by Crippen LogP contribution is -2.19. The monoisotopic (exact) mass is 180 g/mol. The summed E-state index contributed by atoms with van der Waals surface area (Å²) in [4.78, 5) is 18.5. The summed E-state index contributed by atoms with van der Waals surface area (Å²) in [5, 5.41) is 0. The topological polar surface area (TPSA) is 45.8 Å². The van der Waals surface area contributed by atoms with Crippen molar-refractivity contribution in [2.45, 2.75) is 27.2 Å². The summed E-state index contributed by atoms with van der Waals surface area (Å²) in [5.41, 5.74) is 0. The number of imidazole rings is 1. The summed E-state index contributed by atoms with van der Waals surface area (Å²) in [6.07, 6.45) is 3.83. The van der Waals surface area contributed by atoms with E-state index in [0.29, 0.717) is 12.3 Å². The molecule has 0 saturated carbocycles. The van der Waals surface area contributed by atoms with E-state index in [1.807, 2.05) is 6.92 Å². The molecule has 0 bridgehead atoms. The van der Waals surface area contributed by atoms with Crippen LogP contribution in [0.5, 0.6) is 0 Å². The van der Waals surface area contributed by atoms with Crippen LogP contribution in [0.15, 0.2) is 12.4 Å². The molecule has 0 aliphatic carbocycles. The van der Waals surface area contributed by atoms with Crippen molar-refractivity contribution >= 4 is 5.78 Å². The molecule has 72 valence electrons. The number of nitrogens with one attached hydrogen (secondary N) is 1. The van der Waals surface area contributed by atoms with Crippen molar-refractivity contribution in [3.05, 3.63) is 18.2 Å². The molecular weight excluding hydrogens is 164 g/mol. The molecule has 0 amide bonds. The van der Waals surface area contributed by atoms with E-state index in [9.17, 15) is 4.79 Å². The smallest absolute Gasteiger partial charge is 0.143 e. The highest BCUT2D eigenvalue weighted by Crippen LogP contribution is 2.12. The molecule has 0 radical (unpaired) electrons. The molecule has 0 aromatic carbocycles. The number of aromatic amines is 1. The highest BCUT2D eigenvalue weighted by atomic mass is 16.1. The van der Waals surface area contributed by atoms with Gasteiger partial charge in [0.2, 0.25) is 0 Å². The van der Waals surface area contributed by atoms with Crippen LogP contribution in [0.25, 0.3) is 0 Å². The third-order valence-corrected chi connectivity index (χ3v) is 2.40. The number of carbonyl (C=O) groups excluding carboxylic acids is 1. The van der Waals surface area contributed by atoms with Gasteiger partial charge in [0.05, 0.1) is 6.42 Å². The minimum atomic E-state index is 0.116. The first kappa shape index (κ1) is 9.96. The SMILES string of the molecule is CC(C)C(C)C(=O)Cc1ncc[nH]1. The van der Waals surface area contributed by atoms with Crippen LogP contribution in [0.2, 0.25) is 0 Å². The highest BCUT2D eigenvalue weighted by molar-refractivity contribution is 5.82. The number of carbonyl (C=O) groups is 1. The molecule has 0 spiro atoms. The molecule has 1 aromatic rings. The summed E-state index contributed by atoms with van der Waals surface area (Å²) < 4.78 is 0. The van der Waals surface area contributed by atoms with Crippen LogP contribution in [-0.4, -0.2) is 15.8 Å². The molecule has 0 aliphatic rings. The molecule has 3 heteroatoms. The summed E-state index contributed by atoms with van der Waals surface area (Å²) >= 11 is 0. The first-order chi connectivity index (χ1) is 6.11. The second-order valence-electron chi connectivity index (χ2n) is 3.71. The summed E-state index contributed by atoms with van der Waals surface area (Å²) in [5.74, 6) is 1.54. The Balaban J connectivity index is 2.51. The third-order valence-electron chi connectivity index (χ3n) is 2.40. The molecule has 0 fully saturated rings. The molecule has 0 aliphatic heterocycles. The van der Waals surface area contributed by atoms with Crippen LogP contribution in [0, 0.1) is 11.8 Å². The van der Waals surface area contributed by atoms with Gasteiger partial charge in [-0.25, -0.2) is 4.98 Å². The minimum Gasteiger partial charge on any atom is -0.348 e. The van der Waals surface area contributed by atoms with E-state index in [1.165, 1.54) is 0 Å². The Morgan fingerprint density at radius 1 is 1.54 bits per heavy atom. The average Bonchev–Trinajstić information content (AvgIpc) is 2.55. The Hall–Kier alpha value is -1.12. The Morgan fingerprint density at radius 3 is 2.69 bits per heavy atom. The lowest BCUT2D eigenvalue weighted by molar-refractivity contribution is -0.123. The molecule has 13 heavy (non-hydrogen) atoms. The van der Waals surface area contributed by atoms with Gasteiger partial charge in [-0.05, 0) is 5.92 Å². The largest absolute Gasteiger partial charge is 0.348 e. The number of nitrogens with zero attached hydrogens (tertiary/aromatic N) is 1. The number of hydrogen-bond acceptors (Lipinski definition) is 2. The standard InChI is InChI=1S/C10H16N2O/c1-7(2)8(3)9(13)6-10-11-4-5-12-10/h4-5,7-8H,6H2,1-3H3,(H,11,12).